The van der Waals surface area contributed by atoms with E-state index in [0.29, 0.717) is 6.42 Å². The van der Waals surface area contributed by atoms with Gasteiger partial charge in [-0.05, 0) is 48.6 Å². The molecule has 0 saturated carbocycles. The van der Waals surface area contributed by atoms with Crippen molar-refractivity contribution in [3.63, 3.8) is 0 Å². The number of thiophene rings is 1. The summed E-state index contributed by atoms with van der Waals surface area (Å²) in [6.07, 6.45) is 1.64. The van der Waals surface area contributed by atoms with Gasteiger partial charge >= 0.3 is 0 Å². The summed E-state index contributed by atoms with van der Waals surface area (Å²) in [6, 6.07) is 10.3. The van der Waals surface area contributed by atoms with Gasteiger partial charge in [-0.3, -0.25) is 4.79 Å². The Morgan fingerprint density at radius 3 is 2.95 bits per heavy atom. The number of rotatable bonds is 4. The van der Waals surface area contributed by atoms with Gasteiger partial charge in [0, 0.05) is 35.8 Å². The highest BCUT2D eigenvalue weighted by molar-refractivity contribution is 7.10. The molecular formula is C16H18N2OS. The summed E-state index contributed by atoms with van der Waals surface area (Å²) in [6.45, 7) is 3.81. The Labute approximate surface area is 123 Å². The van der Waals surface area contributed by atoms with Crippen molar-refractivity contribution >= 4 is 28.6 Å². The van der Waals surface area contributed by atoms with E-state index < -0.39 is 0 Å². The molecule has 4 heteroatoms. The average molecular weight is 286 g/mol. The van der Waals surface area contributed by atoms with E-state index >= 15 is 0 Å². The lowest BCUT2D eigenvalue weighted by atomic mass is 10.2. The molecule has 1 saturated heterocycles. The van der Waals surface area contributed by atoms with Gasteiger partial charge in [-0.2, -0.15) is 0 Å². The Balaban J connectivity index is 1.71. The van der Waals surface area contributed by atoms with Crippen LogP contribution in [0.3, 0.4) is 0 Å². The first kappa shape index (κ1) is 13.2. The largest absolute Gasteiger partial charge is 0.380 e. The van der Waals surface area contributed by atoms with Crippen LogP contribution in [-0.2, 0) is 11.3 Å². The summed E-state index contributed by atoms with van der Waals surface area (Å²) in [7, 11) is 0. The number of carbonyl (C=O) groups excluding carboxylic acids is 1. The fourth-order valence-electron chi connectivity index (χ4n) is 2.47. The molecule has 1 aliphatic rings. The van der Waals surface area contributed by atoms with Gasteiger partial charge in [-0.1, -0.05) is 6.07 Å². The molecule has 0 radical (unpaired) electrons. The third-order valence-corrected chi connectivity index (χ3v) is 4.68. The third kappa shape index (κ3) is 2.70. The van der Waals surface area contributed by atoms with Crippen molar-refractivity contribution in [1.82, 2.24) is 0 Å². The summed E-state index contributed by atoms with van der Waals surface area (Å²) in [5.74, 6) is 0.233. The lowest BCUT2D eigenvalue weighted by Crippen LogP contribution is -2.23. The van der Waals surface area contributed by atoms with E-state index in [2.05, 4.69) is 29.8 Å². The van der Waals surface area contributed by atoms with Gasteiger partial charge in [0.2, 0.25) is 5.91 Å². The van der Waals surface area contributed by atoms with Crippen LogP contribution in [0.25, 0.3) is 0 Å². The van der Waals surface area contributed by atoms with Crippen molar-refractivity contribution in [2.24, 2.45) is 0 Å². The second-order valence-corrected chi connectivity index (χ2v) is 6.08. The minimum atomic E-state index is 0.233. The van der Waals surface area contributed by atoms with Gasteiger partial charge < -0.3 is 10.2 Å². The minimum Gasteiger partial charge on any atom is -0.380 e. The van der Waals surface area contributed by atoms with E-state index in [0.717, 1.165) is 30.9 Å². The van der Waals surface area contributed by atoms with Crippen LogP contribution in [0.4, 0.5) is 11.4 Å². The number of benzene rings is 1. The van der Waals surface area contributed by atoms with Crippen LogP contribution in [0.15, 0.2) is 35.7 Å². The number of aryl methyl sites for hydroxylation is 1. The molecule has 0 aliphatic carbocycles. The van der Waals surface area contributed by atoms with Gasteiger partial charge in [0.05, 0.1) is 0 Å². The first-order chi connectivity index (χ1) is 9.74. The van der Waals surface area contributed by atoms with Gasteiger partial charge in [0.25, 0.3) is 0 Å². The predicted molar refractivity (Wildman–Crippen MR) is 84.4 cm³/mol. The molecule has 1 N–H and O–H groups in total. The number of amides is 1. The second-order valence-electron chi connectivity index (χ2n) is 5.08. The van der Waals surface area contributed by atoms with Crippen LogP contribution in [0, 0.1) is 6.92 Å². The van der Waals surface area contributed by atoms with Crippen LogP contribution < -0.4 is 10.2 Å². The second kappa shape index (κ2) is 5.67. The number of hydrogen-bond acceptors (Lipinski definition) is 3. The molecule has 0 spiro atoms. The molecule has 3 nitrogen and oxygen atoms in total. The van der Waals surface area contributed by atoms with Crippen molar-refractivity contribution in [2.45, 2.75) is 26.3 Å². The Morgan fingerprint density at radius 1 is 1.35 bits per heavy atom. The standard InChI is InChI=1S/C16H18N2OS/c1-12-7-9-20-15(12)11-17-13-4-2-5-14(10-13)18-8-3-6-16(18)19/h2,4-5,7,9-10,17H,3,6,8,11H2,1H3. The highest BCUT2D eigenvalue weighted by Crippen LogP contribution is 2.25. The predicted octanol–water partition coefficient (Wildman–Crippen LogP) is 3.80. The minimum absolute atomic E-state index is 0.233. The summed E-state index contributed by atoms with van der Waals surface area (Å²) in [4.78, 5) is 15.0. The molecular weight excluding hydrogens is 268 g/mol. The Kier molecular flexibility index (Phi) is 3.74. The SMILES string of the molecule is Cc1ccsc1CNc1cccc(N2CCCC2=O)c1. The molecule has 104 valence electrons. The number of anilines is 2. The molecule has 2 heterocycles. The third-order valence-electron chi connectivity index (χ3n) is 3.65. The first-order valence-electron chi connectivity index (χ1n) is 6.91. The van der Waals surface area contributed by atoms with Crippen LogP contribution >= 0.6 is 11.3 Å². The lowest BCUT2D eigenvalue weighted by Gasteiger charge is -2.17. The topological polar surface area (TPSA) is 32.3 Å². The van der Waals surface area contributed by atoms with E-state index in [1.54, 1.807) is 11.3 Å². The zero-order valence-electron chi connectivity index (χ0n) is 11.6. The van der Waals surface area contributed by atoms with E-state index in [-0.39, 0.29) is 5.91 Å². The highest BCUT2D eigenvalue weighted by atomic mass is 32.1. The summed E-state index contributed by atoms with van der Waals surface area (Å²) >= 11 is 1.77. The smallest absolute Gasteiger partial charge is 0.227 e. The molecule has 1 aromatic heterocycles. The van der Waals surface area contributed by atoms with Crippen LogP contribution in [0.1, 0.15) is 23.3 Å². The molecule has 20 heavy (non-hydrogen) atoms. The van der Waals surface area contributed by atoms with Crippen LogP contribution in [0.5, 0.6) is 0 Å². The fraction of sp³-hybridized carbons (Fsp3) is 0.312. The van der Waals surface area contributed by atoms with E-state index in [9.17, 15) is 4.79 Å². The molecule has 3 rings (SSSR count). The number of hydrogen-bond donors (Lipinski definition) is 1. The normalized spacial score (nSPS) is 14.8. The zero-order chi connectivity index (χ0) is 13.9. The van der Waals surface area contributed by atoms with Crippen LogP contribution in [0.2, 0.25) is 0 Å². The summed E-state index contributed by atoms with van der Waals surface area (Å²) in [5, 5.41) is 5.56. The Bertz CT molecular complexity index is 620. The summed E-state index contributed by atoms with van der Waals surface area (Å²) < 4.78 is 0. The van der Waals surface area contributed by atoms with Crippen molar-refractivity contribution in [1.29, 1.82) is 0 Å². The van der Waals surface area contributed by atoms with Gasteiger partial charge in [0.15, 0.2) is 0 Å². The average Bonchev–Trinajstić information content (AvgIpc) is 3.05. The van der Waals surface area contributed by atoms with Gasteiger partial charge in [-0.25, -0.2) is 0 Å². The van der Waals surface area contributed by atoms with E-state index in [4.69, 9.17) is 0 Å². The maximum Gasteiger partial charge on any atom is 0.227 e. The first-order valence-corrected chi connectivity index (χ1v) is 7.79. The van der Waals surface area contributed by atoms with Crippen molar-refractivity contribution in [2.75, 3.05) is 16.8 Å². The molecule has 1 amide bonds. The summed E-state index contributed by atoms with van der Waals surface area (Å²) in [5.41, 5.74) is 3.39. The van der Waals surface area contributed by atoms with Gasteiger partial charge in [-0.15, -0.1) is 11.3 Å². The maximum atomic E-state index is 11.8. The molecule has 0 atom stereocenters. The molecule has 1 fully saturated rings. The van der Waals surface area contributed by atoms with Gasteiger partial charge in [0.1, 0.15) is 0 Å². The Morgan fingerprint density at radius 2 is 2.25 bits per heavy atom. The molecule has 1 aliphatic heterocycles. The van der Waals surface area contributed by atoms with E-state index in [1.165, 1.54) is 10.4 Å². The molecule has 1 aromatic carbocycles. The molecule has 0 unspecified atom stereocenters. The molecule has 0 bridgehead atoms. The fourth-order valence-corrected chi connectivity index (χ4v) is 3.32. The number of carbonyl (C=O) groups is 1. The quantitative estimate of drug-likeness (QED) is 0.927. The molecule has 2 aromatic rings. The van der Waals surface area contributed by atoms with Crippen LogP contribution in [-0.4, -0.2) is 12.5 Å². The lowest BCUT2D eigenvalue weighted by molar-refractivity contribution is -0.117. The number of nitrogens with zero attached hydrogens (tertiary/aromatic N) is 1. The zero-order valence-corrected chi connectivity index (χ0v) is 12.4. The maximum absolute atomic E-state index is 11.8. The monoisotopic (exact) mass is 286 g/mol. The van der Waals surface area contributed by atoms with Crippen molar-refractivity contribution in [3.8, 4) is 0 Å². The van der Waals surface area contributed by atoms with E-state index in [1.807, 2.05) is 23.1 Å². The van der Waals surface area contributed by atoms with Crippen molar-refractivity contribution < 1.29 is 4.79 Å². The highest BCUT2D eigenvalue weighted by Gasteiger charge is 2.21. The Hall–Kier alpha value is -1.81. The number of nitrogens with one attached hydrogen (secondary N) is 1. The van der Waals surface area contributed by atoms with Crippen molar-refractivity contribution in [3.05, 3.63) is 46.2 Å².